The number of hydrogen-bond acceptors (Lipinski definition) is 2. The molecule has 1 amide bonds. The van der Waals surface area contributed by atoms with Gasteiger partial charge >= 0.3 is 0 Å². The standard InChI is InChI=1S/C20H25ClN2O2/c1-3-14-8-20(25)9-15(10-20)23(14)19(24)6-12(2)17-11-22-18-5-4-13(21)7-16(17)18/h4-5,7,11-12,14-15,22,25H,3,6,8-10H2,1-2H3. The normalized spacial score (nSPS) is 29.5. The molecule has 2 unspecified atom stereocenters. The highest BCUT2D eigenvalue weighted by Gasteiger charge is 2.54. The Balaban J connectivity index is 1.52. The average molecular weight is 361 g/mol. The van der Waals surface area contributed by atoms with Crippen LogP contribution in [0.3, 0.4) is 0 Å². The number of hydrogen-bond donors (Lipinski definition) is 2. The fourth-order valence-corrected chi connectivity index (χ4v) is 4.94. The third-order valence-corrected chi connectivity index (χ3v) is 6.32. The molecule has 3 fully saturated rings. The van der Waals surface area contributed by atoms with Crippen LogP contribution in [-0.2, 0) is 4.79 Å². The summed E-state index contributed by atoms with van der Waals surface area (Å²) in [5, 5.41) is 12.2. The van der Waals surface area contributed by atoms with Crippen LogP contribution in [-0.4, -0.2) is 38.6 Å². The van der Waals surface area contributed by atoms with Gasteiger partial charge in [0.2, 0.25) is 5.91 Å². The van der Waals surface area contributed by atoms with Gasteiger partial charge in [-0.2, -0.15) is 0 Å². The maximum Gasteiger partial charge on any atom is 0.223 e. The number of nitrogens with one attached hydrogen (secondary N) is 1. The van der Waals surface area contributed by atoms with E-state index in [0.29, 0.717) is 11.4 Å². The Morgan fingerprint density at radius 3 is 2.92 bits per heavy atom. The Morgan fingerprint density at radius 1 is 1.44 bits per heavy atom. The molecule has 5 rings (SSSR count). The van der Waals surface area contributed by atoms with Crippen LogP contribution in [0.2, 0.25) is 5.02 Å². The Labute approximate surface area is 153 Å². The number of rotatable bonds is 4. The topological polar surface area (TPSA) is 56.3 Å². The summed E-state index contributed by atoms with van der Waals surface area (Å²) in [5.74, 6) is 0.334. The summed E-state index contributed by atoms with van der Waals surface area (Å²) in [6, 6.07) is 6.21. The third-order valence-electron chi connectivity index (χ3n) is 6.08. The van der Waals surface area contributed by atoms with E-state index >= 15 is 0 Å². The zero-order chi connectivity index (χ0) is 17.8. The first-order chi connectivity index (χ1) is 11.9. The lowest BCUT2D eigenvalue weighted by Gasteiger charge is -2.58. The van der Waals surface area contributed by atoms with Gasteiger partial charge < -0.3 is 15.0 Å². The molecule has 25 heavy (non-hydrogen) atoms. The van der Waals surface area contributed by atoms with Gasteiger partial charge in [0.1, 0.15) is 0 Å². The van der Waals surface area contributed by atoms with Crippen LogP contribution < -0.4 is 0 Å². The van der Waals surface area contributed by atoms with Crippen molar-refractivity contribution in [3.8, 4) is 0 Å². The van der Waals surface area contributed by atoms with Gasteiger partial charge in [0.25, 0.3) is 0 Å². The van der Waals surface area contributed by atoms with E-state index < -0.39 is 5.60 Å². The van der Waals surface area contributed by atoms with Crippen molar-refractivity contribution >= 4 is 28.4 Å². The number of aliphatic hydroxyl groups is 1. The van der Waals surface area contributed by atoms with Crippen molar-refractivity contribution in [1.82, 2.24) is 9.88 Å². The van der Waals surface area contributed by atoms with Crippen molar-refractivity contribution in [1.29, 1.82) is 0 Å². The predicted molar refractivity (Wildman–Crippen MR) is 99.9 cm³/mol. The first-order valence-corrected chi connectivity index (χ1v) is 9.58. The molecule has 1 aromatic carbocycles. The number of nitrogens with zero attached hydrogens (tertiary/aromatic N) is 1. The zero-order valence-corrected chi connectivity index (χ0v) is 15.5. The maximum absolute atomic E-state index is 13.0. The lowest BCUT2D eigenvalue weighted by molar-refractivity contribution is -0.178. The molecule has 3 heterocycles. The monoisotopic (exact) mass is 360 g/mol. The van der Waals surface area contributed by atoms with E-state index in [-0.39, 0.29) is 23.9 Å². The molecule has 1 saturated carbocycles. The smallest absolute Gasteiger partial charge is 0.223 e. The second-order valence-electron chi connectivity index (χ2n) is 7.89. The summed E-state index contributed by atoms with van der Waals surface area (Å²) in [7, 11) is 0. The average Bonchev–Trinajstić information content (AvgIpc) is 2.96. The van der Waals surface area contributed by atoms with E-state index in [1.807, 2.05) is 24.4 Å². The number of benzene rings is 1. The fourth-order valence-electron chi connectivity index (χ4n) is 4.76. The largest absolute Gasteiger partial charge is 0.390 e. The lowest BCUT2D eigenvalue weighted by Crippen LogP contribution is -2.67. The molecule has 2 aromatic rings. The summed E-state index contributed by atoms with van der Waals surface area (Å²) in [6.45, 7) is 4.20. The van der Waals surface area contributed by atoms with Gasteiger partial charge in [-0.15, -0.1) is 0 Å². The van der Waals surface area contributed by atoms with Gasteiger partial charge in [-0.1, -0.05) is 25.4 Å². The summed E-state index contributed by atoms with van der Waals surface area (Å²) in [6.07, 6.45) is 5.60. The van der Waals surface area contributed by atoms with Gasteiger partial charge in [0, 0.05) is 40.6 Å². The second-order valence-corrected chi connectivity index (χ2v) is 8.33. The van der Waals surface area contributed by atoms with Crippen LogP contribution in [0.1, 0.15) is 57.4 Å². The van der Waals surface area contributed by atoms with Crippen LogP contribution in [0.25, 0.3) is 10.9 Å². The number of H-pyrrole nitrogens is 1. The van der Waals surface area contributed by atoms with Crippen molar-refractivity contribution in [2.24, 2.45) is 0 Å². The molecule has 0 radical (unpaired) electrons. The van der Waals surface area contributed by atoms with E-state index in [1.54, 1.807) is 0 Å². The summed E-state index contributed by atoms with van der Waals surface area (Å²) >= 11 is 6.14. The molecule has 2 saturated heterocycles. The van der Waals surface area contributed by atoms with E-state index in [9.17, 15) is 9.90 Å². The van der Waals surface area contributed by atoms with Gasteiger partial charge in [-0.25, -0.2) is 0 Å². The fraction of sp³-hybridized carbons (Fsp3) is 0.550. The molecular formula is C20H25ClN2O2. The first-order valence-electron chi connectivity index (χ1n) is 9.20. The molecule has 2 N–H and O–H groups in total. The Bertz CT molecular complexity index is 809. The molecule has 5 heteroatoms. The quantitative estimate of drug-likeness (QED) is 0.857. The third kappa shape index (κ3) is 2.85. The number of carbonyl (C=O) groups excluding carboxylic acids is 1. The van der Waals surface area contributed by atoms with Crippen molar-refractivity contribution in [3.63, 3.8) is 0 Å². The van der Waals surface area contributed by atoms with Crippen molar-refractivity contribution in [3.05, 3.63) is 35.0 Å². The minimum Gasteiger partial charge on any atom is -0.390 e. The zero-order valence-electron chi connectivity index (χ0n) is 14.8. The van der Waals surface area contributed by atoms with Crippen molar-refractivity contribution < 1.29 is 9.90 Å². The molecule has 3 aliphatic rings. The van der Waals surface area contributed by atoms with E-state index in [2.05, 4.69) is 23.7 Å². The number of halogens is 1. The molecule has 0 spiro atoms. The summed E-state index contributed by atoms with van der Waals surface area (Å²) in [4.78, 5) is 18.4. The number of fused-ring (bicyclic) bond motifs is 3. The molecule has 4 nitrogen and oxygen atoms in total. The van der Waals surface area contributed by atoms with Crippen LogP contribution in [0.15, 0.2) is 24.4 Å². The van der Waals surface area contributed by atoms with Crippen molar-refractivity contribution in [2.75, 3.05) is 0 Å². The summed E-state index contributed by atoms with van der Waals surface area (Å²) in [5.41, 5.74) is 1.68. The van der Waals surface area contributed by atoms with E-state index in [0.717, 1.165) is 42.1 Å². The Morgan fingerprint density at radius 2 is 2.20 bits per heavy atom. The molecule has 2 atom stereocenters. The highest BCUT2D eigenvalue weighted by atomic mass is 35.5. The first kappa shape index (κ1) is 16.9. The van der Waals surface area contributed by atoms with Gasteiger partial charge in [-0.05, 0) is 55.4 Å². The number of carbonyl (C=O) groups is 1. The van der Waals surface area contributed by atoms with Gasteiger partial charge in [0.05, 0.1) is 5.60 Å². The lowest BCUT2D eigenvalue weighted by atomic mass is 9.66. The highest BCUT2D eigenvalue weighted by molar-refractivity contribution is 6.31. The summed E-state index contributed by atoms with van der Waals surface area (Å²) < 4.78 is 0. The molecular weight excluding hydrogens is 336 g/mol. The Kier molecular flexibility index (Phi) is 4.08. The Hall–Kier alpha value is -1.52. The second kappa shape index (κ2) is 6.03. The number of aromatic amines is 1. The van der Waals surface area contributed by atoms with Crippen LogP contribution in [0.5, 0.6) is 0 Å². The number of piperidine rings is 2. The number of aromatic nitrogens is 1. The van der Waals surface area contributed by atoms with E-state index in [4.69, 9.17) is 11.6 Å². The van der Waals surface area contributed by atoms with Crippen LogP contribution in [0, 0.1) is 0 Å². The SMILES string of the molecule is CCC1CC2(O)CC(C2)N1C(=O)CC(C)c1c[nH]c2ccc(Cl)cc12. The highest BCUT2D eigenvalue weighted by Crippen LogP contribution is 2.47. The molecule has 1 aliphatic carbocycles. The molecule has 134 valence electrons. The molecule has 2 aliphatic heterocycles. The maximum atomic E-state index is 13.0. The minimum absolute atomic E-state index is 0.123. The molecule has 1 aromatic heterocycles. The van der Waals surface area contributed by atoms with Crippen LogP contribution >= 0.6 is 11.6 Å². The van der Waals surface area contributed by atoms with Gasteiger partial charge in [0.15, 0.2) is 0 Å². The predicted octanol–water partition coefficient (Wildman–Crippen LogP) is 4.22. The van der Waals surface area contributed by atoms with Crippen LogP contribution in [0.4, 0.5) is 0 Å². The van der Waals surface area contributed by atoms with E-state index in [1.165, 1.54) is 0 Å². The minimum atomic E-state index is -0.513. The van der Waals surface area contributed by atoms with Crippen molar-refractivity contribution in [2.45, 2.75) is 69.6 Å². The van der Waals surface area contributed by atoms with Gasteiger partial charge in [-0.3, -0.25) is 4.79 Å². The number of amides is 1. The molecule has 2 bridgehead atoms.